The summed E-state index contributed by atoms with van der Waals surface area (Å²) in [5, 5.41) is 0. The molecule has 2 N–H and O–H groups in total. The second-order valence-electron chi connectivity index (χ2n) is 4.03. The van der Waals surface area contributed by atoms with Gasteiger partial charge in [0.2, 0.25) is 0 Å². The lowest BCUT2D eigenvalue weighted by atomic mass is 9.99. The van der Waals surface area contributed by atoms with Crippen molar-refractivity contribution in [2.24, 2.45) is 0 Å². The second-order valence-corrected chi connectivity index (χ2v) is 4.88. The van der Waals surface area contributed by atoms with E-state index in [1.165, 1.54) is 18.2 Å². The highest BCUT2D eigenvalue weighted by molar-refractivity contribution is 9.10. The Bertz CT molecular complexity index is 572. The number of nitrogen functional groups attached to an aromatic ring is 1. The number of benzene rings is 2. The van der Waals surface area contributed by atoms with Crippen molar-refractivity contribution < 1.29 is 9.18 Å². The third kappa shape index (κ3) is 2.43. The van der Waals surface area contributed by atoms with Gasteiger partial charge in [0.25, 0.3) is 0 Å². The van der Waals surface area contributed by atoms with Crippen LogP contribution in [0.5, 0.6) is 0 Å². The molecule has 18 heavy (non-hydrogen) atoms. The van der Waals surface area contributed by atoms with E-state index in [9.17, 15) is 9.18 Å². The molecule has 92 valence electrons. The summed E-state index contributed by atoms with van der Waals surface area (Å²) in [6, 6.07) is 9.12. The summed E-state index contributed by atoms with van der Waals surface area (Å²) in [7, 11) is 0. The van der Waals surface area contributed by atoms with Crippen molar-refractivity contribution in [1.29, 1.82) is 0 Å². The van der Waals surface area contributed by atoms with Crippen LogP contribution < -0.4 is 5.73 Å². The molecule has 0 bridgehead atoms. The van der Waals surface area contributed by atoms with Crippen molar-refractivity contribution in [2.75, 3.05) is 5.73 Å². The minimum Gasteiger partial charge on any atom is -0.399 e. The fourth-order valence-corrected chi connectivity index (χ4v) is 2.32. The molecule has 0 spiro atoms. The van der Waals surface area contributed by atoms with Gasteiger partial charge >= 0.3 is 0 Å². The Morgan fingerprint density at radius 3 is 2.44 bits per heavy atom. The lowest BCUT2D eigenvalue weighted by molar-refractivity contribution is 0.103. The minimum absolute atomic E-state index is 0.153. The lowest BCUT2D eigenvalue weighted by Crippen LogP contribution is -2.05. The number of carbonyl (C=O) groups is 1. The van der Waals surface area contributed by atoms with Gasteiger partial charge in [-0.2, -0.15) is 0 Å². The monoisotopic (exact) mass is 307 g/mol. The van der Waals surface area contributed by atoms with Gasteiger partial charge in [0, 0.05) is 21.3 Å². The van der Waals surface area contributed by atoms with Crippen LogP contribution in [0, 0.1) is 12.7 Å². The maximum Gasteiger partial charge on any atom is 0.194 e. The molecule has 0 amide bonds. The van der Waals surface area contributed by atoms with Crippen LogP contribution in [0.15, 0.2) is 40.9 Å². The van der Waals surface area contributed by atoms with Crippen LogP contribution in [0.3, 0.4) is 0 Å². The van der Waals surface area contributed by atoms with Gasteiger partial charge < -0.3 is 5.73 Å². The first-order chi connectivity index (χ1) is 8.49. The number of hydrogen-bond donors (Lipinski definition) is 1. The molecule has 2 aromatic rings. The number of nitrogens with two attached hydrogens (primary N) is 1. The molecule has 4 heteroatoms. The van der Waals surface area contributed by atoms with Crippen LogP contribution in [0.2, 0.25) is 0 Å². The summed E-state index contributed by atoms with van der Waals surface area (Å²) in [4.78, 5) is 12.3. The molecule has 0 radical (unpaired) electrons. The molecule has 0 saturated carbocycles. The normalized spacial score (nSPS) is 10.4. The molecule has 0 atom stereocenters. The van der Waals surface area contributed by atoms with Crippen molar-refractivity contribution in [3.8, 4) is 0 Å². The van der Waals surface area contributed by atoms with Gasteiger partial charge in [-0.3, -0.25) is 4.79 Å². The zero-order valence-corrected chi connectivity index (χ0v) is 11.3. The quantitative estimate of drug-likeness (QED) is 0.679. The van der Waals surface area contributed by atoms with E-state index in [2.05, 4.69) is 15.9 Å². The van der Waals surface area contributed by atoms with Gasteiger partial charge in [0.05, 0.1) is 0 Å². The molecular formula is C14H11BrFNO. The Morgan fingerprint density at radius 1 is 1.17 bits per heavy atom. The Kier molecular flexibility index (Phi) is 3.48. The SMILES string of the molecule is Cc1cc(F)ccc1C(=O)c1ccc(N)cc1Br. The first-order valence-corrected chi connectivity index (χ1v) is 6.14. The van der Waals surface area contributed by atoms with E-state index in [1.807, 2.05) is 0 Å². The minimum atomic E-state index is -0.347. The van der Waals surface area contributed by atoms with Crippen molar-refractivity contribution >= 4 is 27.4 Å². The smallest absolute Gasteiger partial charge is 0.194 e. The largest absolute Gasteiger partial charge is 0.399 e. The van der Waals surface area contributed by atoms with Gasteiger partial charge in [-0.1, -0.05) is 0 Å². The summed E-state index contributed by atoms with van der Waals surface area (Å²) in [6.45, 7) is 1.71. The molecule has 2 nitrogen and oxygen atoms in total. The fraction of sp³-hybridized carbons (Fsp3) is 0.0714. The Labute approximate surface area is 113 Å². The Morgan fingerprint density at radius 2 is 1.83 bits per heavy atom. The van der Waals surface area contributed by atoms with Crippen LogP contribution in [-0.2, 0) is 0 Å². The lowest BCUT2D eigenvalue weighted by Gasteiger charge is -2.07. The molecule has 2 rings (SSSR count). The number of halogens is 2. The van der Waals surface area contributed by atoms with E-state index in [0.717, 1.165) is 0 Å². The molecule has 0 heterocycles. The number of carbonyl (C=O) groups excluding carboxylic acids is 1. The second kappa shape index (κ2) is 4.90. The molecule has 0 aliphatic rings. The van der Waals surface area contributed by atoms with Crippen LogP contribution in [-0.4, -0.2) is 5.78 Å². The molecule has 0 aliphatic carbocycles. The zero-order valence-electron chi connectivity index (χ0n) is 9.71. The highest BCUT2D eigenvalue weighted by Gasteiger charge is 2.15. The predicted octanol–water partition coefficient (Wildman–Crippen LogP) is 3.71. The molecule has 0 aromatic heterocycles. The third-order valence-corrected chi connectivity index (χ3v) is 3.33. The average Bonchev–Trinajstić information content (AvgIpc) is 2.28. The van der Waals surface area contributed by atoms with E-state index in [0.29, 0.717) is 26.9 Å². The first kappa shape index (κ1) is 12.8. The van der Waals surface area contributed by atoms with Crippen LogP contribution in [0.25, 0.3) is 0 Å². The standard InChI is InChI=1S/C14H11BrFNO/c1-8-6-9(16)2-4-11(8)14(18)12-5-3-10(17)7-13(12)15/h2-7H,17H2,1H3. The molecule has 0 aliphatic heterocycles. The average molecular weight is 308 g/mol. The van der Waals surface area contributed by atoms with Crippen molar-refractivity contribution in [3.63, 3.8) is 0 Å². The molecule has 0 saturated heterocycles. The number of anilines is 1. The highest BCUT2D eigenvalue weighted by atomic mass is 79.9. The van der Waals surface area contributed by atoms with Crippen molar-refractivity contribution in [1.82, 2.24) is 0 Å². The first-order valence-electron chi connectivity index (χ1n) is 5.35. The maximum atomic E-state index is 13.0. The predicted molar refractivity (Wildman–Crippen MR) is 73.1 cm³/mol. The summed E-state index contributed by atoms with van der Waals surface area (Å²) >= 11 is 3.31. The molecule has 0 unspecified atom stereocenters. The summed E-state index contributed by atoms with van der Waals surface area (Å²) < 4.78 is 13.6. The zero-order chi connectivity index (χ0) is 13.3. The maximum absolute atomic E-state index is 13.0. The van der Waals surface area contributed by atoms with E-state index < -0.39 is 0 Å². The molecule has 2 aromatic carbocycles. The Balaban J connectivity index is 2.48. The van der Waals surface area contributed by atoms with Gasteiger partial charge in [-0.15, -0.1) is 0 Å². The van der Waals surface area contributed by atoms with E-state index >= 15 is 0 Å². The third-order valence-electron chi connectivity index (χ3n) is 2.67. The van der Waals surface area contributed by atoms with Crippen LogP contribution in [0.4, 0.5) is 10.1 Å². The van der Waals surface area contributed by atoms with Gasteiger partial charge in [0.1, 0.15) is 5.82 Å². The summed E-state index contributed by atoms with van der Waals surface area (Å²) in [5.41, 5.74) is 7.82. The van der Waals surface area contributed by atoms with E-state index in [4.69, 9.17) is 5.73 Å². The number of aryl methyl sites for hydroxylation is 1. The van der Waals surface area contributed by atoms with Crippen molar-refractivity contribution in [2.45, 2.75) is 6.92 Å². The van der Waals surface area contributed by atoms with Gasteiger partial charge in [-0.25, -0.2) is 4.39 Å². The van der Waals surface area contributed by atoms with Crippen molar-refractivity contribution in [3.05, 3.63) is 63.4 Å². The van der Waals surface area contributed by atoms with Gasteiger partial charge in [0.15, 0.2) is 5.78 Å². The van der Waals surface area contributed by atoms with E-state index in [1.54, 1.807) is 25.1 Å². The highest BCUT2D eigenvalue weighted by Crippen LogP contribution is 2.24. The van der Waals surface area contributed by atoms with Gasteiger partial charge in [-0.05, 0) is 64.8 Å². The fourth-order valence-electron chi connectivity index (χ4n) is 1.74. The Hall–Kier alpha value is -1.68. The van der Waals surface area contributed by atoms with Crippen LogP contribution >= 0.6 is 15.9 Å². The number of ketones is 1. The van der Waals surface area contributed by atoms with E-state index in [-0.39, 0.29) is 11.6 Å². The van der Waals surface area contributed by atoms with Crippen LogP contribution in [0.1, 0.15) is 21.5 Å². The number of rotatable bonds is 2. The summed E-state index contributed by atoms with van der Waals surface area (Å²) in [5.74, 6) is -0.500. The molecule has 0 fully saturated rings. The topological polar surface area (TPSA) is 43.1 Å². The molecular weight excluding hydrogens is 297 g/mol. The summed E-state index contributed by atoms with van der Waals surface area (Å²) in [6.07, 6.45) is 0. The number of hydrogen-bond acceptors (Lipinski definition) is 2.